The second kappa shape index (κ2) is 7.79. The Labute approximate surface area is 153 Å². The first-order valence-electron chi connectivity index (χ1n) is 8.03. The summed E-state index contributed by atoms with van der Waals surface area (Å²) in [6.45, 7) is 6.36. The summed E-state index contributed by atoms with van der Waals surface area (Å²) < 4.78 is 11.0. The van der Waals surface area contributed by atoms with Crippen molar-refractivity contribution in [2.24, 2.45) is 0 Å². The van der Waals surface area contributed by atoms with Crippen LogP contribution in [0.2, 0.25) is 5.02 Å². The lowest BCUT2D eigenvalue weighted by Crippen LogP contribution is -2.29. The van der Waals surface area contributed by atoms with Crippen LogP contribution >= 0.6 is 11.6 Å². The zero-order chi connectivity index (χ0) is 18.6. The number of aliphatic carboxylic acids is 1. The third kappa shape index (κ3) is 5.13. The predicted octanol–water partition coefficient (Wildman–Crippen LogP) is 4.72. The number of benzene rings is 2. The van der Waals surface area contributed by atoms with Gasteiger partial charge in [-0.2, -0.15) is 0 Å². The van der Waals surface area contributed by atoms with Gasteiger partial charge in [-0.15, -0.1) is 0 Å². The number of rotatable bonds is 6. The van der Waals surface area contributed by atoms with Gasteiger partial charge in [0.2, 0.25) is 0 Å². The maximum atomic E-state index is 11.6. The molecule has 0 radical (unpaired) electrons. The highest BCUT2D eigenvalue weighted by Crippen LogP contribution is 2.27. The number of carboxylic acids is 1. The van der Waals surface area contributed by atoms with Crippen molar-refractivity contribution in [1.82, 2.24) is 0 Å². The van der Waals surface area contributed by atoms with Gasteiger partial charge in [-0.05, 0) is 46.9 Å². The third-order valence-electron chi connectivity index (χ3n) is 3.92. The maximum absolute atomic E-state index is 11.6. The van der Waals surface area contributed by atoms with Crippen molar-refractivity contribution < 1.29 is 19.4 Å². The molecule has 1 N–H and O–H groups in total. The normalized spacial score (nSPS) is 12.5. The Balaban J connectivity index is 2.19. The van der Waals surface area contributed by atoms with Crippen LogP contribution in [0.15, 0.2) is 42.5 Å². The first kappa shape index (κ1) is 19.1. The summed E-state index contributed by atoms with van der Waals surface area (Å²) in [6.07, 6.45) is -0.882. The van der Waals surface area contributed by atoms with Crippen LogP contribution in [0.25, 0.3) is 0 Å². The highest BCUT2D eigenvalue weighted by molar-refractivity contribution is 6.30. The number of carbonyl (C=O) groups is 1. The Kier molecular flexibility index (Phi) is 5.96. The molecule has 1 atom stereocenters. The van der Waals surface area contributed by atoms with Gasteiger partial charge in [-0.1, -0.05) is 44.5 Å². The van der Waals surface area contributed by atoms with Gasteiger partial charge >= 0.3 is 5.97 Å². The van der Waals surface area contributed by atoms with Crippen molar-refractivity contribution in [3.8, 4) is 11.5 Å². The number of hydrogen-bond donors (Lipinski definition) is 1. The molecule has 2 aromatic carbocycles. The summed E-state index contributed by atoms with van der Waals surface area (Å²) >= 11 is 6.01. The molecule has 0 aromatic heterocycles. The SMILES string of the molecule is COc1ccc(Cl)cc1C[C@H](Oc1ccc(C(C)(C)C)cc1)C(=O)O. The standard InChI is InChI=1S/C20H23ClO4/c1-20(2,3)14-5-8-16(9-6-14)25-18(19(22)23)12-13-11-15(21)7-10-17(13)24-4/h5-11,18H,12H2,1-4H3,(H,22,23)/t18-/m0/s1. The van der Waals surface area contributed by atoms with Crippen molar-refractivity contribution >= 4 is 17.6 Å². The lowest BCUT2D eigenvalue weighted by atomic mass is 9.87. The van der Waals surface area contributed by atoms with Gasteiger partial charge in [0.1, 0.15) is 11.5 Å². The number of methoxy groups -OCH3 is 1. The molecule has 0 fully saturated rings. The van der Waals surface area contributed by atoms with Crippen LogP contribution in [0.4, 0.5) is 0 Å². The van der Waals surface area contributed by atoms with Crippen molar-refractivity contribution in [2.45, 2.75) is 38.7 Å². The summed E-state index contributed by atoms with van der Waals surface area (Å²) in [6, 6.07) is 12.6. The molecule has 0 amide bonds. The highest BCUT2D eigenvalue weighted by Gasteiger charge is 2.22. The van der Waals surface area contributed by atoms with E-state index in [4.69, 9.17) is 21.1 Å². The highest BCUT2D eigenvalue weighted by atomic mass is 35.5. The van der Waals surface area contributed by atoms with E-state index in [-0.39, 0.29) is 11.8 Å². The molecule has 0 aliphatic heterocycles. The van der Waals surface area contributed by atoms with E-state index in [1.54, 1.807) is 30.3 Å². The Morgan fingerprint density at radius 2 is 1.80 bits per heavy atom. The van der Waals surface area contributed by atoms with Crippen molar-refractivity contribution in [1.29, 1.82) is 0 Å². The fourth-order valence-corrected chi connectivity index (χ4v) is 2.68. The van der Waals surface area contributed by atoms with Gasteiger partial charge in [0, 0.05) is 11.4 Å². The molecule has 0 unspecified atom stereocenters. The molecule has 5 heteroatoms. The summed E-state index contributed by atoms with van der Waals surface area (Å²) in [5.41, 5.74) is 1.87. The van der Waals surface area contributed by atoms with E-state index in [0.717, 1.165) is 5.56 Å². The molecule has 0 saturated heterocycles. The lowest BCUT2D eigenvalue weighted by Gasteiger charge is -2.20. The topological polar surface area (TPSA) is 55.8 Å². The quantitative estimate of drug-likeness (QED) is 0.807. The van der Waals surface area contributed by atoms with E-state index in [1.165, 1.54) is 7.11 Å². The van der Waals surface area contributed by atoms with Crippen molar-refractivity contribution in [3.63, 3.8) is 0 Å². The Morgan fingerprint density at radius 3 is 2.32 bits per heavy atom. The van der Waals surface area contributed by atoms with E-state index in [2.05, 4.69) is 20.8 Å². The third-order valence-corrected chi connectivity index (χ3v) is 4.16. The number of ether oxygens (including phenoxy) is 2. The van der Waals surface area contributed by atoms with Gasteiger partial charge < -0.3 is 14.6 Å². The Bertz CT molecular complexity index is 732. The summed E-state index contributed by atoms with van der Waals surface area (Å²) in [5, 5.41) is 10.0. The van der Waals surface area contributed by atoms with Crippen LogP contribution in [0.1, 0.15) is 31.9 Å². The van der Waals surface area contributed by atoms with E-state index in [1.807, 2.05) is 12.1 Å². The van der Waals surface area contributed by atoms with Crippen LogP contribution in [0.3, 0.4) is 0 Å². The van der Waals surface area contributed by atoms with E-state index in [0.29, 0.717) is 22.1 Å². The van der Waals surface area contributed by atoms with Crippen LogP contribution in [-0.4, -0.2) is 24.3 Å². The minimum Gasteiger partial charge on any atom is -0.496 e. The van der Waals surface area contributed by atoms with E-state index in [9.17, 15) is 9.90 Å². The largest absolute Gasteiger partial charge is 0.496 e. The number of hydrogen-bond acceptors (Lipinski definition) is 3. The van der Waals surface area contributed by atoms with Crippen LogP contribution in [0, 0.1) is 0 Å². The summed E-state index contributed by atoms with van der Waals surface area (Å²) in [7, 11) is 1.54. The fourth-order valence-electron chi connectivity index (χ4n) is 2.48. The fraction of sp³-hybridized carbons (Fsp3) is 0.350. The molecule has 0 aliphatic carbocycles. The van der Waals surface area contributed by atoms with Crippen LogP contribution in [-0.2, 0) is 16.6 Å². The zero-order valence-corrected chi connectivity index (χ0v) is 15.6. The van der Waals surface area contributed by atoms with Gasteiger partial charge in [0.25, 0.3) is 0 Å². The van der Waals surface area contributed by atoms with Gasteiger partial charge in [0.05, 0.1) is 7.11 Å². The first-order chi connectivity index (χ1) is 11.7. The zero-order valence-electron chi connectivity index (χ0n) is 14.9. The Morgan fingerprint density at radius 1 is 1.16 bits per heavy atom. The van der Waals surface area contributed by atoms with Crippen molar-refractivity contribution in [2.75, 3.05) is 7.11 Å². The molecular formula is C20H23ClO4. The van der Waals surface area contributed by atoms with Crippen molar-refractivity contribution in [3.05, 3.63) is 58.6 Å². The Hall–Kier alpha value is -2.20. The molecular weight excluding hydrogens is 340 g/mol. The van der Waals surface area contributed by atoms with E-state index >= 15 is 0 Å². The average Bonchev–Trinajstić information content (AvgIpc) is 2.54. The minimum absolute atomic E-state index is 0.0267. The number of halogens is 1. The molecule has 2 rings (SSSR count). The molecule has 4 nitrogen and oxygen atoms in total. The van der Waals surface area contributed by atoms with Gasteiger partial charge in [-0.25, -0.2) is 4.79 Å². The molecule has 0 aliphatic rings. The maximum Gasteiger partial charge on any atom is 0.345 e. The summed E-state index contributed by atoms with van der Waals surface area (Å²) in [4.78, 5) is 11.6. The minimum atomic E-state index is -1.04. The summed E-state index contributed by atoms with van der Waals surface area (Å²) in [5.74, 6) is 0.0608. The van der Waals surface area contributed by atoms with Gasteiger partial charge in [0.15, 0.2) is 6.10 Å². The number of carboxylic acid groups (broad SMARTS) is 1. The molecule has 0 spiro atoms. The lowest BCUT2D eigenvalue weighted by molar-refractivity contribution is -0.145. The molecule has 134 valence electrons. The van der Waals surface area contributed by atoms with Gasteiger partial charge in [-0.3, -0.25) is 0 Å². The molecule has 2 aromatic rings. The van der Waals surface area contributed by atoms with E-state index < -0.39 is 12.1 Å². The van der Waals surface area contributed by atoms with Crippen LogP contribution in [0.5, 0.6) is 11.5 Å². The van der Waals surface area contributed by atoms with Crippen LogP contribution < -0.4 is 9.47 Å². The monoisotopic (exact) mass is 362 g/mol. The first-order valence-corrected chi connectivity index (χ1v) is 8.41. The molecule has 0 bridgehead atoms. The predicted molar refractivity (Wildman–Crippen MR) is 98.9 cm³/mol. The molecule has 0 heterocycles. The molecule has 0 saturated carbocycles. The second-order valence-electron chi connectivity index (χ2n) is 6.88. The average molecular weight is 363 g/mol. The second-order valence-corrected chi connectivity index (χ2v) is 7.32. The molecule has 25 heavy (non-hydrogen) atoms. The smallest absolute Gasteiger partial charge is 0.345 e.